The second-order valence-corrected chi connectivity index (χ2v) is 7.07. The molecule has 1 fully saturated rings. The molecule has 1 aliphatic rings. The number of hydrogen-bond donors (Lipinski definition) is 1. The van der Waals surface area contributed by atoms with Gasteiger partial charge in [0.2, 0.25) is 0 Å². The van der Waals surface area contributed by atoms with E-state index in [4.69, 9.17) is 0 Å². The molecule has 0 bridgehead atoms. The number of amides is 1. The summed E-state index contributed by atoms with van der Waals surface area (Å²) >= 11 is 0. The van der Waals surface area contributed by atoms with Crippen LogP contribution in [0.5, 0.6) is 0 Å². The smallest absolute Gasteiger partial charge is 0.311 e. The van der Waals surface area contributed by atoms with Crippen molar-refractivity contribution in [1.29, 1.82) is 0 Å². The van der Waals surface area contributed by atoms with Gasteiger partial charge in [0, 0.05) is 20.1 Å². The zero-order valence-corrected chi connectivity index (χ0v) is 15.3. The Morgan fingerprint density at radius 2 is 2.00 bits per heavy atom. The Labute approximate surface area is 153 Å². The van der Waals surface area contributed by atoms with Crippen molar-refractivity contribution in [3.63, 3.8) is 0 Å². The predicted molar refractivity (Wildman–Crippen MR) is 98.8 cm³/mol. The van der Waals surface area contributed by atoms with Gasteiger partial charge in [-0.2, -0.15) is 5.10 Å². The van der Waals surface area contributed by atoms with E-state index in [0.29, 0.717) is 31.5 Å². The minimum Gasteiger partial charge on any atom is -0.481 e. The van der Waals surface area contributed by atoms with E-state index in [9.17, 15) is 14.7 Å². The Morgan fingerprint density at radius 1 is 1.27 bits per heavy atom. The van der Waals surface area contributed by atoms with Crippen LogP contribution in [0.3, 0.4) is 0 Å². The number of carboxylic acid groups (broad SMARTS) is 1. The molecule has 1 saturated heterocycles. The Hall–Kier alpha value is -2.63. The highest BCUT2D eigenvalue weighted by atomic mass is 16.4. The molecule has 0 radical (unpaired) electrons. The summed E-state index contributed by atoms with van der Waals surface area (Å²) in [5, 5.41) is 14.1. The van der Waals surface area contributed by atoms with Crippen LogP contribution >= 0.6 is 0 Å². The molecule has 0 spiro atoms. The fourth-order valence-electron chi connectivity index (χ4n) is 3.88. The van der Waals surface area contributed by atoms with E-state index in [1.54, 1.807) is 15.6 Å². The maximum absolute atomic E-state index is 13.0. The van der Waals surface area contributed by atoms with E-state index >= 15 is 0 Å². The van der Waals surface area contributed by atoms with Crippen LogP contribution in [-0.4, -0.2) is 44.8 Å². The van der Waals surface area contributed by atoms with Crippen LogP contribution < -0.4 is 0 Å². The van der Waals surface area contributed by atoms with Crippen molar-refractivity contribution in [2.24, 2.45) is 12.5 Å². The average Bonchev–Trinajstić information content (AvgIpc) is 3.04. The summed E-state index contributed by atoms with van der Waals surface area (Å²) in [4.78, 5) is 26.5. The maximum atomic E-state index is 13.0. The number of aromatic nitrogens is 2. The summed E-state index contributed by atoms with van der Waals surface area (Å²) < 4.78 is 1.70. The summed E-state index contributed by atoms with van der Waals surface area (Å²) in [6.07, 6.45) is 2.70. The highest BCUT2D eigenvalue weighted by Gasteiger charge is 2.43. The van der Waals surface area contributed by atoms with Gasteiger partial charge in [0.05, 0.1) is 11.1 Å². The van der Waals surface area contributed by atoms with Gasteiger partial charge in [-0.1, -0.05) is 43.7 Å². The standard InChI is InChI=1S/C20H25N3O3/c1-3-10-20(19(25)26)11-7-12-23(14-20)18(24)16-13-17(22(2)21-16)15-8-5-4-6-9-15/h4-6,8-9,13H,3,7,10-12,14H2,1-2H3,(H,25,26). The Bertz CT molecular complexity index is 796. The van der Waals surface area contributed by atoms with Crippen molar-refractivity contribution >= 4 is 11.9 Å². The van der Waals surface area contributed by atoms with Gasteiger partial charge in [-0.05, 0) is 30.9 Å². The number of likely N-dealkylation sites (tertiary alicyclic amines) is 1. The van der Waals surface area contributed by atoms with Crippen molar-refractivity contribution in [2.75, 3.05) is 13.1 Å². The summed E-state index contributed by atoms with van der Waals surface area (Å²) in [5.41, 5.74) is 1.39. The second-order valence-electron chi connectivity index (χ2n) is 7.07. The van der Waals surface area contributed by atoms with Crippen LogP contribution in [0.1, 0.15) is 43.1 Å². The third kappa shape index (κ3) is 3.36. The quantitative estimate of drug-likeness (QED) is 0.894. The van der Waals surface area contributed by atoms with Crippen LogP contribution in [0.15, 0.2) is 36.4 Å². The first kappa shape index (κ1) is 18.2. The third-order valence-electron chi connectivity index (χ3n) is 5.21. The Balaban J connectivity index is 1.84. The Morgan fingerprint density at radius 3 is 2.65 bits per heavy atom. The SMILES string of the molecule is CCCC1(C(=O)O)CCCN(C(=O)c2cc(-c3ccccc3)n(C)n2)C1. The normalized spacial score (nSPS) is 20.2. The van der Waals surface area contributed by atoms with E-state index in [-0.39, 0.29) is 12.5 Å². The molecule has 1 unspecified atom stereocenters. The molecule has 6 heteroatoms. The third-order valence-corrected chi connectivity index (χ3v) is 5.21. The molecule has 1 aliphatic heterocycles. The number of aryl methyl sites for hydroxylation is 1. The van der Waals surface area contributed by atoms with Crippen molar-refractivity contribution in [1.82, 2.24) is 14.7 Å². The molecule has 3 rings (SSSR count). The molecule has 26 heavy (non-hydrogen) atoms. The summed E-state index contributed by atoms with van der Waals surface area (Å²) in [6, 6.07) is 11.6. The first-order valence-corrected chi connectivity index (χ1v) is 9.09. The van der Waals surface area contributed by atoms with Gasteiger partial charge in [-0.3, -0.25) is 14.3 Å². The molecule has 1 aromatic heterocycles. The molecular formula is C20H25N3O3. The van der Waals surface area contributed by atoms with Gasteiger partial charge >= 0.3 is 5.97 Å². The lowest BCUT2D eigenvalue weighted by atomic mass is 9.76. The highest BCUT2D eigenvalue weighted by Crippen LogP contribution is 2.35. The van der Waals surface area contributed by atoms with Gasteiger partial charge in [-0.25, -0.2) is 0 Å². The number of carboxylic acids is 1. The summed E-state index contributed by atoms with van der Waals surface area (Å²) in [6.45, 7) is 2.82. The summed E-state index contributed by atoms with van der Waals surface area (Å²) in [7, 11) is 1.81. The van der Waals surface area contributed by atoms with E-state index in [2.05, 4.69) is 5.10 Å². The number of carbonyl (C=O) groups is 2. The van der Waals surface area contributed by atoms with E-state index in [1.165, 1.54) is 0 Å². The molecule has 2 aromatic rings. The number of carbonyl (C=O) groups excluding carboxylic acids is 1. The fraction of sp³-hybridized carbons (Fsp3) is 0.450. The monoisotopic (exact) mass is 355 g/mol. The zero-order chi connectivity index (χ0) is 18.7. The van der Waals surface area contributed by atoms with Crippen molar-refractivity contribution in [3.05, 3.63) is 42.1 Å². The number of hydrogen-bond acceptors (Lipinski definition) is 3. The first-order chi connectivity index (χ1) is 12.5. The summed E-state index contributed by atoms with van der Waals surface area (Å²) in [5.74, 6) is -0.993. The molecule has 0 saturated carbocycles. The van der Waals surface area contributed by atoms with Crippen molar-refractivity contribution < 1.29 is 14.7 Å². The van der Waals surface area contributed by atoms with Gasteiger partial charge in [-0.15, -0.1) is 0 Å². The maximum Gasteiger partial charge on any atom is 0.311 e. The molecule has 1 amide bonds. The largest absolute Gasteiger partial charge is 0.481 e. The number of aliphatic carboxylic acids is 1. The topological polar surface area (TPSA) is 75.4 Å². The van der Waals surface area contributed by atoms with Crippen LogP contribution in [0.2, 0.25) is 0 Å². The number of nitrogens with zero attached hydrogens (tertiary/aromatic N) is 3. The lowest BCUT2D eigenvalue weighted by Crippen LogP contribution is -2.50. The molecular weight excluding hydrogens is 330 g/mol. The molecule has 1 aromatic carbocycles. The molecule has 2 heterocycles. The second kappa shape index (κ2) is 7.32. The highest BCUT2D eigenvalue weighted by molar-refractivity contribution is 5.94. The zero-order valence-electron chi connectivity index (χ0n) is 15.3. The minimum absolute atomic E-state index is 0.191. The number of benzene rings is 1. The van der Waals surface area contributed by atoms with Crippen molar-refractivity contribution in [2.45, 2.75) is 32.6 Å². The molecule has 0 aliphatic carbocycles. The van der Waals surface area contributed by atoms with Crippen LogP contribution in [-0.2, 0) is 11.8 Å². The van der Waals surface area contributed by atoms with Crippen LogP contribution in [0.25, 0.3) is 11.3 Å². The number of rotatable bonds is 5. The van der Waals surface area contributed by atoms with E-state index in [0.717, 1.165) is 17.7 Å². The van der Waals surface area contributed by atoms with Gasteiger partial charge in [0.15, 0.2) is 5.69 Å². The number of piperidine rings is 1. The van der Waals surface area contributed by atoms with E-state index < -0.39 is 11.4 Å². The average molecular weight is 355 g/mol. The lowest BCUT2D eigenvalue weighted by Gasteiger charge is -2.39. The molecule has 6 nitrogen and oxygen atoms in total. The van der Waals surface area contributed by atoms with Gasteiger partial charge in [0.1, 0.15) is 0 Å². The molecule has 1 N–H and O–H groups in total. The van der Waals surface area contributed by atoms with Crippen molar-refractivity contribution in [3.8, 4) is 11.3 Å². The molecule has 138 valence electrons. The lowest BCUT2D eigenvalue weighted by molar-refractivity contribution is -0.152. The molecule has 1 atom stereocenters. The van der Waals surface area contributed by atoms with Gasteiger partial charge in [0.25, 0.3) is 5.91 Å². The van der Waals surface area contributed by atoms with E-state index in [1.807, 2.05) is 44.3 Å². The van der Waals surface area contributed by atoms with Crippen LogP contribution in [0, 0.1) is 5.41 Å². The minimum atomic E-state index is -0.834. The Kier molecular flexibility index (Phi) is 5.11. The van der Waals surface area contributed by atoms with Gasteiger partial charge < -0.3 is 10.0 Å². The fourth-order valence-corrected chi connectivity index (χ4v) is 3.88. The predicted octanol–water partition coefficient (Wildman–Crippen LogP) is 3.19. The van der Waals surface area contributed by atoms with Crippen LogP contribution in [0.4, 0.5) is 0 Å². The first-order valence-electron chi connectivity index (χ1n) is 9.09.